The zero-order valence-electron chi connectivity index (χ0n) is 20.6. The summed E-state index contributed by atoms with van der Waals surface area (Å²) in [6, 6.07) is 25.3. The Labute approximate surface area is 226 Å². The SMILES string of the molecule is Fc1ccc(-c2cccc(-c3ccc(F)cn3)n2)nc1.Fc1cccc(-c2cccc(-c3cccc(F)n3)n2)n1. The molecule has 6 rings (SSSR count). The van der Waals surface area contributed by atoms with Crippen molar-refractivity contribution in [1.29, 1.82) is 0 Å². The molecule has 0 radical (unpaired) electrons. The minimum atomic E-state index is -0.571. The molecule has 0 fully saturated rings. The van der Waals surface area contributed by atoms with E-state index in [1.807, 2.05) is 0 Å². The molecule has 6 nitrogen and oxygen atoms in total. The second kappa shape index (κ2) is 12.0. The fourth-order valence-electron chi connectivity index (χ4n) is 3.60. The highest BCUT2D eigenvalue weighted by Crippen LogP contribution is 2.21. The molecule has 196 valence electrons. The lowest BCUT2D eigenvalue weighted by Crippen LogP contribution is -1.94. The maximum Gasteiger partial charge on any atom is 0.213 e. The Morgan fingerprint density at radius 1 is 0.325 bits per heavy atom. The van der Waals surface area contributed by atoms with Crippen LogP contribution >= 0.6 is 0 Å². The van der Waals surface area contributed by atoms with Crippen molar-refractivity contribution in [2.45, 2.75) is 0 Å². The normalized spacial score (nSPS) is 10.5. The van der Waals surface area contributed by atoms with Crippen molar-refractivity contribution in [2.24, 2.45) is 0 Å². The van der Waals surface area contributed by atoms with Gasteiger partial charge in [0.2, 0.25) is 11.9 Å². The summed E-state index contributed by atoms with van der Waals surface area (Å²) in [4.78, 5) is 24.2. The van der Waals surface area contributed by atoms with Gasteiger partial charge in [0.05, 0.1) is 57.9 Å². The smallest absolute Gasteiger partial charge is 0.213 e. The quantitative estimate of drug-likeness (QED) is 0.178. The molecule has 40 heavy (non-hydrogen) atoms. The summed E-state index contributed by atoms with van der Waals surface area (Å²) < 4.78 is 52.0. The van der Waals surface area contributed by atoms with Crippen molar-refractivity contribution in [2.75, 3.05) is 0 Å². The monoisotopic (exact) mass is 538 g/mol. The van der Waals surface area contributed by atoms with Crippen LogP contribution in [0, 0.1) is 23.5 Å². The van der Waals surface area contributed by atoms with Crippen LogP contribution in [0.25, 0.3) is 45.6 Å². The number of hydrogen-bond acceptors (Lipinski definition) is 6. The summed E-state index contributed by atoms with van der Waals surface area (Å²) in [5.74, 6) is -1.94. The van der Waals surface area contributed by atoms with Gasteiger partial charge in [0.25, 0.3) is 0 Å². The second-order valence-electron chi connectivity index (χ2n) is 8.23. The molecule has 10 heteroatoms. The first-order valence-electron chi connectivity index (χ1n) is 11.9. The molecule has 0 aromatic carbocycles. The van der Waals surface area contributed by atoms with E-state index >= 15 is 0 Å². The summed E-state index contributed by atoms with van der Waals surface area (Å²) in [5, 5.41) is 0. The number of nitrogens with zero attached hydrogens (tertiary/aromatic N) is 6. The van der Waals surface area contributed by atoms with Crippen molar-refractivity contribution < 1.29 is 17.6 Å². The highest BCUT2D eigenvalue weighted by Gasteiger charge is 2.08. The molecule has 0 saturated carbocycles. The zero-order valence-corrected chi connectivity index (χ0v) is 20.6. The first kappa shape index (κ1) is 26.2. The lowest BCUT2D eigenvalue weighted by atomic mass is 10.2. The first-order valence-corrected chi connectivity index (χ1v) is 11.9. The molecule has 0 spiro atoms. The van der Waals surface area contributed by atoms with Crippen LogP contribution in [0.15, 0.2) is 109 Å². The largest absolute Gasteiger partial charge is 0.252 e. The Hall–Kier alpha value is -5.38. The van der Waals surface area contributed by atoms with E-state index in [1.165, 1.54) is 24.3 Å². The standard InChI is InChI=1S/2C15H9F2N3/c16-14-8-2-6-12(19-14)10-4-1-5-11(18-10)13-7-3-9-15(17)20-13;16-10-4-6-12(18-8-10)14-2-1-3-15(20-14)13-7-5-11(17)9-19-13/h2*1-9H. The van der Waals surface area contributed by atoms with E-state index in [0.29, 0.717) is 45.6 Å². The van der Waals surface area contributed by atoms with Crippen molar-refractivity contribution in [1.82, 2.24) is 29.9 Å². The molecule has 0 aliphatic rings. The Kier molecular flexibility index (Phi) is 7.87. The first-order chi connectivity index (χ1) is 19.4. The maximum atomic E-state index is 13.1. The van der Waals surface area contributed by atoms with Crippen LogP contribution in [-0.4, -0.2) is 29.9 Å². The fourth-order valence-corrected chi connectivity index (χ4v) is 3.60. The second-order valence-corrected chi connectivity index (χ2v) is 8.23. The van der Waals surface area contributed by atoms with Crippen LogP contribution in [0.2, 0.25) is 0 Å². The highest BCUT2D eigenvalue weighted by atomic mass is 19.1. The molecule has 0 unspecified atom stereocenters. The van der Waals surface area contributed by atoms with Gasteiger partial charge in [-0.05, 0) is 72.8 Å². The van der Waals surface area contributed by atoms with Crippen LogP contribution < -0.4 is 0 Å². The number of halogens is 4. The van der Waals surface area contributed by atoms with E-state index in [-0.39, 0.29) is 0 Å². The van der Waals surface area contributed by atoms with Crippen molar-refractivity contribution in [3.8, 4) is 45.6 Å². The highest BCUT2D eigenvalue weighted by molar-refractivity contribution is 5.62. The number of rotatable bonds is 4. The molecule has 0 N–H and O–H groups in total. The van der Waals surface area contributed by atoms with Gasteiger partial charge < -0.3 is 0 Å². The lowest BCUT2D eigenvalue weighted by molar-refractivity contribution is 0.585. The molecule has 0 aliphatic carbocycles. The molecule has 0 bridgehead atoms. The van der Waals surface area contributed by atoms with Gasteiger partial charge >= 0.3 is 0 Å². The van der Waals surface area contributed by atoms with Gasteiger partial charge in [-0.2, -0.15) is 8.78 Å². The van der Waals surface area contributed by atoms with E-state index in [9.17, 15) is 17.6 Å². The van der Waals surface area contributed by atoms with E-state index in [2.05, 4.69) is 29.9 Å². The fraction of sp³-hybridized carbons (Fsp3) is 0. The number of aromatic nitrogens is 6. The molecule has 6 heterocycles. The minimum Gasteiger partial charge on any atom is -0.252 e. The Morgan fingerprint density at radius 2 is 0.650 bits per heavy atom. The maximum absolute atomic E-state index is 13.1. The van der Waals surface area contributed by atoms with Crippen molar-refractivity contribution >= 4 is 0 Å². The molecule has 0 aliphatic heterocycles. The van der Waals surface area contributed by atoms with Crippen molar-refractivity contribution in [3.05, 3.63) is 133 Å². The summed E-state index contributed by atoms with van der Waals surface area (Å²) >= 11 is 0. The summed E-state index contributed by atoms with van der Waals surface area (Å²) in [5.41, 5.74) is 4.20. The van der Waals surface area contributed by atoms with Crippen LogP contribution in [-0.2, 0) is 0 Å². The third-order valence-electron chi connectivity index (χ3n) is 5.43. The molecule has 6 aromatic heterocycles. The number of hydrogen-bond donors (Lipinski definition) is 0. The third-order valence-corrected chi connectivity index (χ3v) is 5.43. The lowest BCUT2D eigenvalue weighted by Gasteiger charge is -2.04. The molecule has 6 aromatic rings. The van der Waals surface area contributed by atoms with Gasteiger partial charge in [0.15, 0.2) is 0 Å². The van der Waals surface area contributed by atoms with Gasteiger partial charge in [0, 0.05) is 0 Å². The molecular weight excluding hydrogens is 520 g/mol. The van der Waals surface area contributed by atoms with E-state index in [1.54, 1.807) is 72.8 Å². The Morgan fingerprint density at radius 3 is 0.975 bits per heavy atom. The summed E-state index contributed by atoms with van der Waals surface area (Å²) in [6.07, 6.45) is 2.28. The summed E-state index contributed by atoms with van der Waals surface area (Å²) in [6.45, 7) is 0. The van der Waals surface area contributed by atoms with Gasteiger partial charge in [-0.25, -0.2) is 28.7 Å². The molecule has 0 saturated heterocycles. The average Bonchev–Trinajstić information content (AvgIpc) is 2.98. The van der Waals surface area contributed by atoms with Crippen LogP contribution in [0.3, 0.4) is 0 Å². The van der Waals surface area contributed by atoms with E-state index in [0.717, 1.165) is 12.4 Å². The van der Waals surface area contributed by atoms with Gasteiger partial charge in [0.1, 0.15) is 11.6 Å². The van der Waals surface area contributed by atoms with Crippen LogP contribution in [0.1, 0.15) is 0 Å². The predicted octanol–water partition coefficient (Wildman–Crippen LogP) is 6.97. The van der Waals surface area contributed by atoms with Gasteiger partial charge in [-0.1, -0.05) is 24.3 Å². The molecular formula is C30H18F4N6. The Bertz CT molecular complexity index is 1620. The number of pyridine rings is 6. The van der Waals surface area contributed by atoms with Crippen molar-refractivity contribution in [3.63, 3.8) is 0 Å². The average molecular weight is 539 g/mol. The minimum absolute atomic E-state index is 0.398. The van der Waals surface area contributed by atoms with Crippen LogP contribution in [0.4, 0.5) is 17.6 Å². The predicted molar refractivity (Wildman–Crippen MR) is 141 cm³/mol. The Balaban J connectivity index is 0.000000161. The van der Waals surface area contributed by atoms with E-state index in [4.69, 9.17) is 0 Å². The summed E-state index contributed by atoms with van der Waals surface area (Å²) in [7, 11) is 0. The topological polar surface area (TPSA) is 77.3 Å². The van der Waals surface area contributed by atoms with Crippen LogP contribution in [0.5, 0.6) is 0 Å². The molecule has 0 amide bonds. The van der Waals surface area contributed by atoms with Gasteiger partial charge in [-0.3, -0.25) is 9.97 Å². The van der Waals surface area contributed by atoms with E-state index < -0.39 is 23.5 Å². The molecule has 0 atom stereocenters. The third kappa shape index (κ3) is 6.54. The van der Waals surface area contributed by atoms with Gasteiger partial charge in [-0.15, -0.1) is 0 Å². The zero-order chi connectivity index (χ0) is 27.9.